The number of carbonyl (C=O) groups excluding carboxylic acids is 1. The number of pyridine rings is 1. The fourth-order valence-electron chi connectivity index (χ4n) is 4.94. The molecule has 3 aromatic rings. The van der Waals surface area contributed by atoms with Crippen molar-refractivity contribution in [2.24, 2.45) is 0 Å². The summed E-state index contributed by atoms with van der Waals surface area (Å²) in [6.07, 6.45) is 7.48. The van der Waals surface area contributed by atoms with Crippen molar-refractivity contribution < 1.29 is 4.79 Å². The lowest BCUT2D eigenvalue weighted by Gasteiger charge is -2.36. The zero-order valence-corrected chi connectivity index (χ0v) is 18.7. The van der Waals surface area contributed by atoms with E-state index >= 15 is 0 Å². The fraction of sp³-hybridized carbons (Fsp3) is 0.385. The molecule has 33 heavy (non-hydrogen) atoms. The van der Waals surface area contributed by atoms with Gasteiger partial charge in [-0.2, -0.15) is 0 Å². The van der Waals surface area contributed by atoms with Gasteiger partial charge >= 0.3 is 0 Å². The van der Waals surface area contributed by atoms with Crippen molar-refractivity contribution in [3.63, 3.8) is 0 Å². The number of fused-ring (bicyclic) bond motifs is 1. The zero-order chi connectivity index (χ0) is 22.6. The lowest BCUT2D eigenvalue weighted by Crippen LogP contribution is -2.42. The number of rotatable bonds is 5. The van der Waals surface area contributed by atoms with Gasteiger partial charge in [-0.3, -0.25) is 19.5 Å². The molecule has 0 bridgehead atoms. The van der Waals surface area contributed by atoms with Crippen LogP contribution in [0.5, 0.6) is 0 Å². The van der Waals surface area contributed by atoms with Crippen LogP contribution >= 0.6 is 0 Å². The van der Waals surface area contributed by atoms with Crippen molar-refractivity contribution in [2.75, 3.05) is 13.1 Å². The Morgan fingerprint density at radius 2 is 1.85 bits per heavy atom. The van der Waals surface area contributed by atoms with Crippen molar-refractivity contribution >= 4 is 5.91 Å². The second-order valence-corrected chi connectivity index (χ2v) is 8.95. The number of aromatic nitrogens is 3. The molecule has 0 saturated carbocycles. The Morgan fingerprint density at radius 1 is 1.03 bits per heavy atom. The van der Waals surface area contributed by atoms with Gasteiger partial charge < -0.3 is 9.88 Å². The summed E-state index contributed by atoms with van der Waals surface area (Å²) in [4.78, 5) is 42.4. The SMILES string of the molecule is O=C(Cc1ccccc1)N1CCCC[C@@H]1c1nc2c(c(=O)[nH]1)CCN(Cc1ccncc1)C2. The molecule has 7 nitrogen and oxygen atoms in total. The largest absolute Gasteiger partial charge is 0.332 e. The second-order valence-electron chi connectivity index (χ2n) is 8.95. The number of hydrogen-bond acceptors (Lipinski definition) is 5. The van der Waals surface area contributed by atoms with E-state index in [0.29, 0.717) is 31.8 Å². The lowest BCUT2D eigenvalue weighted by molar-refractivity contribution is -0.134. The molecule has 0 radical (unpaired) electrons. The maximum Gasteiger partial charge on any atom is 0.254 e. The third-order valence-corrected chi connectivity index (χ3v) is 6.66. The lowest BCUT2D eigenvalue weighted by atomic mass is 9.99. The summed E-state index contributed by atoms with van der Waals surface area (Å²) < 4.78 is 0. The molecule has 7 heteroatoms. The first kappa shape index (κ1) is 21.5. The Labute approximate surface area is 193 Å². The van der Waals surface area contributed by atoms with Crippen LogP contribution in [0.2, 0.25) is 0 Å². The molecule has 1 saturated heterocycles. The van der Waals surface area contributed by atoms with Gasteiger partial charge in [0, 0.05) is 44.1 Å². The van der Waals surface area contributed by atoms with Gasteiger partial charge in [0.2, 0.25) is 5.91 Å². The highest BCUT2D eigenvalue weighted by Crippen LogP contribution is 2.30. The average molecular weight is 444 g/mol. The van der Waals surface area contributed by atoms with Gasteiger partial charge in [0.25, 0.3) is 5.56 Å². The van der Waals surface area contributed by atoms with E-state index in [1.165, 1.54) is 5.56 Å². The van der Waals surface area contributed by atoms with Crippen molar-refractivity contribution in [2.45, 2.75) is 51.2 Å². The van der Waals surface area contributed by atoms with E-state index in [1.54, 1.807) is 12.4 Å². The minimum absolute atomic E-state index is 0.0559. The van der Waals surface area contributed by atoms with Gasteiger partial charge in [0.05, 0.1) is 18.2 Å². The first-order valence-electron chi connectivity index (χ1n) is 11.7. The monoisotopic (exact) mass is 443 g/mol. The molecule has 5 rings (SSSR count). The van der Waals surface area contributed by atoms with E-state index in [9.17, 15) is 9.59 Å². The Kier molecular flexibility index (Phi) is 6.30. The summed E-state index contributed by atoms with van der Waals surface area (Å²) in [6.45, 7) is 2.96. The number of carbonyl (C=O) groups is 1. The molecule has 0 unspecified atom stereocenters. The molecule has 170 valence electrons. The molecule has 0 spiro atoms. The van der Waals surface area contributed by atoms with Gasteiger partial charge in [-0.25, -0.2) is 4.98 Å². The quantitative estimate of drug-likeness (QED) is 0.656. The van der Waals surface area contributed by atoms with E-state index in [4.69, 9.17) is 4.98 Å². The third kappa shape index (κ3) is 4.88. The minimum atomic E-state index is -0.177. The summed E-state index contributed by atoms with van der Waals surface area (Å²) in [5.41, 5.74) is 3.77. The number of nitrogens with zero attached hydrogens (tertiary/aromatic N) is 4. The van der Waals surface area contributed by atoms with Gasteiger partial charge in [0.1, 0.15) is 5.82 Å². The topological polar surface area (TPSA) is 82.2 Å². The average Bonchev–Trinajstić information content (AvgIpc) is 2.85. The van der Waals surface area contributed by atoms with Crippen molar-refractivity contribution in [3.05, 3.63) is 93.4 Å². The van der Waals surface area contributed by atoms with Crippen LogP contribution in [0.1, 0.15) is 53.5 Å². The number of piperidine rings is 1. The van der Waals surface area contributed by atoms with Crippen molar-refractivity contribution in [1.29, 1.82) is 0 Å². The standard InChI is InChI=1S/C26H29N5O2/c32-24(16-19-6-2-1-3-7-19)31-14-5-4-8-23(31)25-28-22-18-30(15-11-21(22)26(33)29-25)17-20-9-12-27-13-10-20/h1-3,6-7,9-10,12-13,23H,4-5,8,11,14-18H2,(H,28,29,33)/t23-/m1/s1. The van der Waals surface area contributed by atoms with Gasteiger partial charge in [0.15, 0.2) is 0 Å². The van der Waals surface area contributed by atoms with Crippen LogP contribution in [0.25, 0.3) is 0 Å². The fourth-order valence-corrected chi connectivity index (χ4v) is 4.94. The molecule has 4 heterocycles. The van der Waals surface area contributed by atoms with Gasteiger partial charge in [-0.15, -0.1) is 0 Å². The Hall–Kier alpha value is -3.32. The first-order chi connectivity index (χ1) is 16.2. The predicted molar refractivity (Wildman–Crippen MR) is 125 cm³/mol. The van der Waals surface area contributed by atoms with Gasteiger partial charge in [-0.1, -0.05) is 30.3 Å². The van der Waals surface area contributed by atoms with Crippen molar-refractivity contribution in [1.82, 2.24) is 24.8 Å². The Morgan fingerprint density at radius 3 is 2.67 bits per heavy atom. The van der Waals surface area contributed by atoms with Crippen molar-refractivity contribution in [3.8, 4) is 0 Å². The molecular weight excluding hydrogens is 414 g/mol. The first-order valence-corrected chi connectivity index (χ1v) is 11.7. The van der Waals surface area contributed by atoms with Crippen LogP contribution in [0.4, 0.5) is 0 Å². The zero-order valence-electron chi connectivity index (χ0n) is 18.7. The molecule has 2 aliphatic heterocycles. The summed E-state index contributed by atoms with van der Waals surface area (Å²) >= 11 is 0. The van der Waals surface area contributed by atoms with E-state index in [-0.39, 0.29) is 17.5 Å². The summed E-state index contributed by atoms with van der Waals surface area (Å²) in [6, 6.07) is 13.7. The third-order valence-electron chi connectivity index (χ3n) is 6.66. The molecule has 1 atom stereocenters. The van der Waals surface area contributed by atoms with Crippen LogP contribution < -0.4 is 5.56 Å². The molecule has 1 fully saturated rings. The summed E-state index contributed by atoms with van der Waals surface area (Å²) in [7, 11) is 0. The normalized spacial score (nSPS) is 18.7. The number of benzene rings is 1. The van der Waals surface area contributed by atoms with Crippen LogP contribution in [0.15, 0.2) is 59.7 Å². The molecule has 2 aliphatic rings. The molecule has 1 amide bonds. The summed E-state index contributed by atoms with van der Waals surface area (Å²) in [5, 5.41) is 0. The maximum absolute atomic E-state index is 13.2. The number of H-pyrrole nitrogens is 1. The van der Waals surface area contributed by atoms with E-state index in [0.717, 1.165) is 49.2 Å². The molecular formula is C26H29N5O2. The number of aromatic amines is 1. The van der Waals surface area contributed by atoms with Crippen LogP contribution in [-0.2, 0) is 30.7 Å². The Balaban J connectivity index is 1.37. The van der Waals surface area contributed by atoms with E-state index in [2.05, 4.69) is 14.9 Å². The highest BCUT2D eigenvalue weighted by Gasteiger charge is 2.31. The Bertz CT molecular complexity index is 1160. The summed E-state index contributed by atoms with van der Waals surface area (Å²) in [5.74, 6) is 0.719. The molecule has 1 N–H and O–H groups in total. The molecule has 2 aromatic heterocycles. The second kappa shape index (κ2) is 9.67. The van der Waals surface area contributed by atoms with E-state index < -0.39 is 0 Å². The van der Waals surface area contributed by atoms with Crippen LogP contribution in [0.3, 0.4) is 0 Å². The number of amides is 1. The molecule has 1 aromatic carbocycles. The molecule has 0 aliphatic carbocycles. The van der Waals surface area contributed by atoms with Crippen LogP contribution in [0, 0.1) is 0 Å². The van der Waals surface area contributed by atoms with E-state index in [1.807, 2.05) is 47.4 Å². The highest BCUT2D eigenvalue weighted by molar-refractivity contribution is 5.79. The van der Waals surface area contributed by atoms with Gasteiger partial charge in [-0.05, 0) is 48.9 Å². The highest BCUT2D eigenvalue weighted by atomic mass is 16.2. The maximum atomic E-state index is 13.2. The predicted octanol–water partition coefficient (Wildman–Crippen LogP) is 3.02. The smallest absolute Gasteiger partial charge is 0.254 e. The number of likely N-dealkylation sites (tertiary alicyclic amines) is 1. The van der Waals surface area contributed by atoms with Crippen LogP contribution in [-0.4, -0.2) is 43.7 Å². The number of hydrogen-bond donors (Lipinski definition) is 1. The number of nitrogens with one attached hydrogen (secondary N) is 1. The minimum Gasteiger partial charge on any atom is -0.332 e.